The molecule has 0 fully saturated rings. The Kier molecular flexibility index (Phi) is 3.10. The lowest BCUT2D eigenvalue weighted by molar-refractivity contribution is 0.477. The lowest BCUT2D eigenvalue weighted by Crippen LogP contribution is -1.88. The molecule has 2 heteroatoms. The predicted octanol–water partition coefficient (Wildman–Crippen LogP) is 3.98. The minimum absolute atomic E-state index is 0.245. The van der Waals surface area contributed by atoms with Crippen LogP contribution in [0.3, 0.4) is 0 Å². The number of nitrogens with zero attached hydrogens (tertiary/aromatic N) is 1. The molecule has 2 nitrogen and oxygen atoms in total. The van der Waals surface area contributed by atoms with E-state index in [4.69, 9.17) is 0 Å². The average molecular weight is 259 g/mol. The summed E-state index contributed by atoms with van der Waals surface area (Å²) in [6.45, 7) is 1.79. The summed E-state index contributed by atoms with van der Waals surface area (Å²) in [7, 11) is 0. The number of phenolic OH excluding ortho intramolecular Hbond substituents is 1. The van der Waals surface area contributed by atoms with Crippen LogP contribution in [-0.4, -0.2) is 10.1 Å². The Bertz CT molecular complexity index is 835. The van der Waals surface area contributed by atoms with E-state index < -0.39 is 0 Å². The van der Waals surface area contributed by atoms with Crippen LogP contribution in [-0.2, 0) is 0 Å². The topological polar surface area (TPSA) is 33.1 Å². The van der Waals surface area contributed by atoms with E-state index in [1.807, 2.05) is 42.6 Å². The Balaban J connectivity index is 2.39. The van der Waals surface area contributed by atoms with E-state index in [9.17, 15) is 5.11 Å². The number of phenols is 1. The Morgan fingerprint density at radius 2 is 1.90 bits per heavy atom. The van der Waals surface area contributed by atoms with Crippen molar-refractivity contribution in [2.45, 2.75) is 6.92 Å². The Morgan fingerprint density at radius 3 is 2.75 bits per heavy atom. The summed E-state index contributed by atoms with van der Waals surface area (Å²) in [6, 6.07) is 13.4. The normalized spacial score (nSPS) is 10.1. The quantitative estimate of drug-likeness (QED) is 0.670. The van der Waals surface area contributed by atoms with Gasteiger partial charge in [-0.15, -0.1) is 5.92 Å². The third kappa shape index (κ3) is 2.00. The second kappa shape index (κ2) is 5.07. The maximum Gasteiger partial charge on any atom is 0.124 e. The van der Waals surface area contributed by atoms with Crippen molar-refractivity contribution in [1.29, 1.82) is 0 Å². The summed E-state index contributed by atoms with van der Waals surface area (Å²) in [5.41, 5.74) is 2.58. The van der Waals surface area contributed by atoms with E-state index >= 15 is 0 Å². The summed E-state index contributed by atoms with van der Waals surface area (Å²) >= 11 is 0. The standard InChI is InChI=1S/C18H13NO/c1-2-5-13-6-4-9-17(20)18(13)16-8-3-7-14-12-19-11-10-15(14)16/h3-4,6-12,20H,1H3. The van der Waals surface area contributed by atoms with E-state index in [1.165, 1.54) is 0 Å². The highest BCUT2D eigenvalue weighted by atomic mass is 16.3. The molecule has 0 saturated heterocycles. The van der Waals surface area contributed by atoms with Crippen LogP contribution in [0.25, 0.3) is 21.9 Å². The van der Waals surface area contributed by atoms with Gasteiger partial charge in [-0.3, -0.25) is 4.98 Å². The summed E-state index contributed by atoms with van der Waals surface area (Å²) in [6.07, 6.45) is 3.58. The van der Waals surface area contributed by atoms with Crippen LogP contribution in [0.4, 0.5) is 0 Å². The largest absolute Gasteiger partial charge is 0.507 e. The van der Waals surface area contributed by atoms with E-state index in [0.717, 1.165) is 27.5 Å². The fraction of sp³-hybridized carbons (Fsp3) is 0.0556. The maximum atomic E-state index is 10.2. The molecule has 0 atom stereocenters. The molecule has 20 heavy (non-hydrogen) atoms. The van der Waals surface area contributed by atoms with Gasteiger partial charge in [-0.2, -0.15) is 0 Å². The zero-order valence-corrected chi connectivity index (χ0v) is 11.1. The first-order valence-corrected chi connectivity index (χ1v) is 6.39. The zero-order chi connectivity index (χ0) is 13.9. The highest BCUT2D eigenvalue weighted by Crippen LogP contribution is 2.36. The van der Waals surface area contributed by atoms with Crippen molar-refractivity contribution in [2.24, 2.45) is 0 Å². The Hall–Kier alpha value is -2.79. The minimum Gasteiger partial charge on any atom is -0.507 e. The number of benzene rings is 2. The summed E-state index contributed by atoms with van der Waals surface area (Å²) < 4.78 is 0. The van der Waals surface area contributed by atoms with Crippen LogP contribution in [0.15, 0.2) is 54.9 Å². The average Bonchev–Trinajstić information content (AvgIpc) is 2.48. The number of pyridine rings is 1. The van der Waals surface area contributed by atoms with Crippen molar-refractivity contribution < 1.29 is 5.11 Å². The molecule has 2 aromatic carbocycles. The van der Waals surface area contributed by atoms with E-state index in [-0.39, 0.29) is 5.75 Å². The molecule has 3 rings (SSSR count). The van der Waals surface area contributed by atoms with Gasteiger partial charge in [-0.1, -0.05) is 30.2 Å². The fourth-order valence-corrected chi connectivity index (χ4v) is 2.40. The molecule has 1 heterocycles. The monoisotopic (exact) mass is 259 g/mol. The van der Waals surface area contributed by atoms with Crippen molar-refractivity contribution in [1.82, 2.24) is 4.98 Å². The van der Waals surface area contributed by atoms with Crippen LogP contribution in [0.2, 0.25) is 0 Å². The molecule has 0 saturated carbocycles. The van der Waals surface area contributed by atoms with Crippen molar-refractivity contribution in [3.8, 4) is 28.7 Å². The molecule has 0 radical (unpaired) electrons. The van der Waals surface area contributed by atoms with Crippen LogP contribution in [0, 0.1) is 11.8 Å². The van der Waals surface area contributed by atoms with Crippen molar-refractivity contribution in [3.63, 3.8) is 0 Å². The van der Waals surface area contributed by atoms with E-state index in [1.54, 1.807) is 19.2 Å². The van der Waals surface area contributed by atoms with Gasteiger partial charge in [0.05, 0.1) is 0 Å². The molecule has 3 aromatic rings. The lowest BCUT2D eigenvalue weighted by atomic mass is 9.94. The predicted molar refractivity (Wildman–Crippen MR) is 81.4 cm³/mol. The smallest absolute Gasteiger partial charge is 0.124 e. The molecule has 0 spiro atoms. The highest BCUT2D eigenvalue weighted by molar-refractivity contribution is 5.98. The first-order chi connectivity index (χ1) is 9.81. The van der Waals surface area contributed by atoms with Gasteiger partial charge in [0, 0.05) is 28.9 Å². The number of aromatic hydroxyl groups is 1. The first kappa shape index (κ1) is 12.3. The maximum absolute atomic E-state index is 10.2. The van der Waals surface area contributed by atoms with Gasteiger partial charge in [-0.25, -0.2) is 0 Å². The fourth-order valence-electron chi connectivity index (χ4n) is 2.40. The number of rotatable bonds is 1. The molecule has 0 bridgehead atoms. The molecule has 1 N–H and O–H groups in total. The molecule has 0 unspecified atom stereocenters. The number of aromatic nitrogens is 1. The Morgan fingerprint density at radius 1 is 1.05 bits per heavy atom. The SMILES string of the molecule is CC#Cc1cccc(O)c1-c1cccc2cnccc12. The third-order valence-electron chi connectivity index (χ3n) is 3.25. The van der Waals surface area contributed by atoms with Gasteiger partial charge in [0.1, 0.15) is 5.75 Å². The molecule has 0 aliphatic heterocycles. The molecule has 0 aliphatic rings. The number of hydrogen-bond donors (Lipinski definition) is 1. The van der Waals surface area contributed by atoms with Crippen LogP contribution in [0.1, 0.15) is 12.5 Å². The van der Waals surface area contributed by atoms with Crippen LogP contribution < -0.4 is 0 Å². The van der Waals surface area contributed by atoms with Gasteiger partial charge < -0.3 is 5.11 Å². The van der Waals surface area contributed by atoms with E-state index in [2.05, 4.69) is 16.8 Å². The van der Waals surface area contributed by atoms with Gasteiger partial charge >= 0.3 is 0 Å². The minimum atomic E-state index is 0.245. The zero-order valence-electron chi connectivity index (χ0n) is 11.1. The second-order valence-electron chi connectivity index (χ2n) is 4.48. The Labute approximate surface area is 117 Å². The van der Waals surface area contributed by atoms with Crippen molar-refractivity contribution in [3.05, 3.63) is 60.4 Å². The molecule has 0 amide bonds. The second-order valence-corrected chi connectivity index (χ2v) is 4.48. The molecular formula is C18H13NO. The molecule has 1 aromatic heterocycles. The molecular weight excluding hydrogens is 246 g/mol. The third-order valence-corrected chi connectivity index (χ3v) is 3.25. The lowest BCUT2D eigenvalue weighted by Gasteiger charge is -2.10. The van der Waals surface area contributed by atoms with Gasteiger partial charge in [0.2, 0.25) is 0 Å². The van der Waals surface area contributed by atoms with E-state index in [0.29, 0.717) is 0 Å². The van der Waals surface area contributed by atoms with Crippen LogP contribution >= 0.6 is 0 Å². The van der Waals surface area contributed by atoms with Crippen molar-refractivity contribution >= 4 is 10.8 Å². The summed E-state index contributed by atoms with van der Waals surface area (Å²) in [5.74, 6) is 6.20. The van der Waals surface area contributed by atoms with Crippen molar-refractivity contribution in [2.75, 3.05) is 0 Å². The number of hydrogen-bond acceptors (Lipinski definition) is 2. The van der Waals surface area contributed by atoms with Crippen LogP contribution in [0.5, 0.6) is 5.75 Å². The van der Waals surface area contributed by atoms with Gasteiger partial charge in [-0.05, 0) is 36.1 Å². The van der Waals surface area contributed by atoms with Gasteiger partial charge in [0.15, 0.2) is 0 Å². The summed E-state index contributed by atoms with van der Waals surface area (Å²) in [4.78, 5) is 4.14. The van der Waals surface area contributed by atoms with Gasteiger partial charge in [0.25, 0.3) is 0 Å². The highest BCUT2D eigenvalue weighted by Gasteiger charge is 2.11. The summed E-state index contributed by atoms with van der Waals surface area (Å²) in [5, 5.41) is 12.4. The molecule has 0 aliphatic carbocycles. The number of fused-ring (bicyclic) bond motifs is 1. The molecule has 96 valence electrons. The first-order valence-electron chi connectivity index (χ1n) is 6.39.